The smallest absolute Gasteiger partial charge is 0.0789 e. The molecule has 1 atom stereocenters. The Morgan fingerprint density at radius 3 is 2.24 bits per heavy atom. The topological polar surface area (TPSA) is 24.5 Å². The van der Waals surface area contributed by atoms with Crippen molar-refractivity contribution < 1.29 is 4.74 Å². The Morgan fingerprint density at radius 1 is 1.24 bits per heavy atom. The van der Waals surface area contributed by atoms with E-state index in [-0.39, 0.29) is 11.2 Å². The van der Waals surface area contributed by atoms with Gasteiger partial charge >= 0.3 is 0 Å². The summed E-state index contributed by atoms with van der Waals surface area (Å²) in [4.78, 5) is 2.69. The highest BCUT2D eigenvalue weighted by Crippen LogP contribution is 2.41. The number of rotatable bonds is 4. The van der Waals surface area contributed by atoms with Crippen molar-refractivity contribution in [1.29, 1.82) is 0 Å². The van der Waals surface area contributed by atoms with Crippen LogP contribution in [0.15, 0.2) is 0 Å². The van der Waals surface area contributed by atoms with Gasteiger partial charge in [0.2, 0.25) is 0 Å². The van der Waals surface area contributed by atoms with E-state index in [2.05, 4.69) is 44.8 Å². The van der Waals surface area contributed by atoms with Gasteiger partial charge in [-0.05, 0) is 47.1 Å². The van der Waals surface area contributed by atoms with E-state index >= 15 is 0 Å². The van der Waals surface area contributed by atoms with E-state index in [1.807, 2.05) is 0 Å². The molecule has 2 aliphatic heterocycles. The normalized spacial score (nSPS) is 31.8. The summed E-state index contributed by atoms with van der Waals surface area (Å²) in [6.45, 7) is 14.7. The minimum atomic E-state index is -0.0196. The van der Waals surface area contributed by atoms with E-state index < -0.39 is 0 Å². The fourth-order valence-electron chi connectivity index (χ4n) is 3.41. The van der Waals surface area contributed by atoms with E-state index in [1.165, 1.54) is 13.0 Å². The minimum absolute atomic E-state index is 0.0196. The van der Waals surface area contributed by atoms with E-state index in [1.54, 1.807) is 0 Å². The lowest BCUT2D eigenvalue weighted by Crippen LogP contribution is -2.62. The van der Waals surface area contributed by atoms with Gasteiger partial charge in [-0.3, -0.25) is 4.90 Å². The first kappa shape index (κ1) is 13.3. The highest BCUT2D eigenvalue weighted by atomic mass is 16.5. The molecule has 0 bridgehead atoms. The van der Waals surface area contributed by atoms with Crippen LogP contribution in [0.3, 0.4) is 0 Å². The molecule has 2 rings (SSSR count). The molecule has 1 unspecified atom stereocenters. The van der Waals surface area contributed by atoms with Crippen LogP contribution in [0.2, 0.25) is 0 Å². The average Bonchev–Trinajstić information content (AvgIpc) is 2.30. The van der Waals surface area contributed by atoms with Gasteiger partial charge < -0.3 is 10.1 Å². The predicted octanol–water partition coefficient (Wildman–Crippen LogP) is 2.02. The molecule has 2 heterocycles. The Bertz CT molecular complexity index is 271. The summed E-state index contributed by atoms with van der Waals surface area (Å²) in [6.07, 6.45) is 2.38. The van der Waals surface area contributed by atoms with Crippen LogP contribution in [-0.2, 0) is 4.74 Å². The quantitative estimate of drug-likeness (QED) is 0.813. The lowest BCUT2D eigenvalue weighted by Gasteiger charge is -2.45. The Balaban J connectivity index is 2.12. The zero-order valence-electron chi connectivity index (χ0n) is 12.0. The molecule has 17 heavy (non-hydrogen) atoms. The minimum Gasteiger partial charge on any atom is -0.368 e. The highest BCUT2D eigenvalue weighted by molar-refractivity contribution is 5.03. The van der Waals surface area contributed by atoms with Gasteiger partial charge in [0.1, 0.15) is 0 Å². The zero-order valence-corrected chi connectivity index (χ0v) is 12.0. The summed E-state index contributed by atoms with van der Waals surface area (Å²) >= 11 is 0. The first-order chi connectivity index (χ1) is 7.86. The first-order valence-electron chi connectivity index (χ1n) is 7.02. The van der Waals surface area contributed by atoms with E-state index in [9.17, 15) is 0 Å². The second-order valence-electron chi connectivity index (χ2n) is 6.74. The van der Waals surface area contributed by atoms with Gasteiger partial charge in [-0.15, -0.1) is 0 Å². The van der Waals surface area contributed by atoms with Crippen molar-refractivity contribution in [3.63, 3.8) is 0 Å². The van der Waals surface area contributed by atoms with Crippen LogP contribution in [0, 0.1) is 0 Å². The molecule has 2 fully saturated rings. The Hall–Kier alpha value is -0.120. The van der Waals surface area contributed by atoms with Crippen LogP contribution in [0.1, 0.15) is 47.5 Å². The maximum absolute atomic E-state index is 6.23. The van der Waals surface area contributed by atoms with Crippen molar-refractivity contribution in [3.8, 4) is 0 Å². The SMILES string of the molecule is CCCN(C1CNC1)C1CC(C)(C)OC1(C)C. The lowest BCUT2D eigenvalue weighted by molar-refractivity contribution is -0.0862. The van der Waals surface area contributed by atoms with E-state index in [0.29, 0.717) is 6.04 Å². The average molecular weight is 240 g/mol. The summed E-state index contributed by atoms with van der Waals surface area (Å²) in [5.41, 5.74) is 0.00555. The van der Waals surface area contributed by atoms with Crippen molar-refractivity contribution >= 4 is 0 Å². The second kappa shape index (κ2) is 4.52. The van der Waals surface area contributed by atoms with Crippen LogP contribution >= 0.6 is 0 Å². The zero-order chi connectivity index (χ0) is 12.7. The molecule has 0 aromatic rings. The molecule has 0 amide bonds. The summed E-state index contributed by atoms with van der Waals surface area (Å²) in [5, 5.41) is 3.39. The molecule has 0 aromatic heterocycles. The van der Waals surface area contributed by atoms with Crippen LogP contribution in [0.5, 0.6) is 0 Å². The molecule has 100 valence electrons. The fourth-order valence-corrected chi connectivity index (χ4v) is 3.41. The molecule has 2 aliphatic rings. The number of hydrogen-bond donors (Lipinski definition) is 1. The third-order valence-corrected chi connectivity index (χ3v) is 4.14. The molecule has 0 radical (unpaired) electrons. The van der Waals surface area contributed by atoms with Gasteiger partial charge in [0, 0.05) is 25.2 Å². The molecule has 1 N–H and O–H groups in total. The van der Waals surface area contributed by atoms with Gasteiger partial charge in [-0.1, -0.05) is 6.92 Å². The molecular formula is C14H28N2O. The third kappa shape index (κ3) is 2.67. The Kier molecular flexibility index (Phi) is 3.54. The van der Waals surface area contributed by atoms with Crippen molar-refractivity contribution in [2.24, 2.45) is 0 Å². The largest absolute Gasteiger partial charge is 0.368 e. The number of ether oxygens (including phenoxy) is 1. The number of hydrogen-bond acceptors (Lipinski definition) is 3. The molecule has 2 saturated heterocycles. The van der Waals surface area contributed by atoms with Gasteiger partial charge in [0.25, 0.3) is 0 Å². The predicted molar refractivity (Wildman–Crippen MR) is 71.3 cm³/mol. The van der Waals surface area contributed by atoms with Crippen molar-refractivity contribution in [3.05, 3.63) is 0 Å². The lowest BCUT2D eigenvalue weighted by atomic mass is 9.90. The molecule has 0 aliphatic carbocycles. The molecule has 0 saturated carbocycles. The monoisotopic (exact) mass is 240 g/mol. The van der Waals surface area contributed by atoms with Gasteiger partial charge in [-0.25, -0.2) is 0 Å². The number of nitrogens with zero attached hydrogens (tertiary/aromatic N) is 1. The van der Waals surface area contributed by atoms with Gasteiger partial charge in [-0.2, -0.15) is 0 Å². The summed E-state index contributed by atoms with van der Waals surface area (Å²) in [6, 6.07) is 1.28. The Labute approximate surface area is 106 Å². The maximum Gasteiger partial charge on any atom is 0.0789 e. The van der Waals surface area contributed by atoms with Crippen molar-refractivity contribution in [2.45, 2.75) is 70.7 Å². The van der Waals surface area contributed by atoms with E-state index in [4.69, 9.17) is 4.74 Å². The first-order valence-corrected chi connectivity index (χ1v) is 7.02. The molecule has 0 aromatic carbocycles. The van der Waals surface area contributed by atoms with Crippen molar-refractivity contribution in [1.82, 2.24) is 10.2 Å². The maximum atomic E-state index is 6.23. The van der Waals surface area contributed by atoms with Gasteiger partial charge in [0.05, 0.1) is 11.2 Å². The third-order valence-electron chi connectivity index (χ3n) is 4.14. The van der Waals surface area contributed by atoms with Crippen molar-refractivity contribution in [2.75, 3.05) is 19.6 Å². The van der Waals surface area contributed by atoms with Crippen LogP contribution in [0.4, 0.5) is 0 Å². The van der Waals surface area contributed by atoms with Crippen LogP contribution in [-0.4, -0.2) is 47.8 Å². The molecule has 3 nitrogen and oxygen atoms in total. The van der Waals surface area contributed by atoms with Gasteiger partial charge in [0.15, 0.2) is 0 Å². The summed E-state index contributed by atoms with van der Waals surface area (Å²) in [7, 11) is 0. The summed E-state index contributed by atoms with van der Waals surface area (Å²) < 4.78 is 6.23. The Morgan fingerprint density at radius 2 is 1.88 bits per heavy atom. The number of nitrogens with one attached hydrogen (secondary N) is 1. The van der Waals surface area contributed by atoms with Crippen LogP contribution in [0.25, 0.3) is 0 Å². The summed E-state index contributed by atoms with van der Waals surface area (Å²) in [5.74, 6) is 0. The molecule has 3 heteroatoms. The second-order valence-corrected chi connectivity index (χ2v) is 6.74. The van der Waals surface area contributed by atoms with E-state index in [0.717, 1.165) is 25.6 Å². The fraction of sp³-hybridized carbons (Fsp3) is 1.00. The van der Waals surface area contributed by atoms with Crippen LogP contribution < -0.4 is 5.32 Å². The molecule has 0 spiro atoms. The molecular weight excluding hydrogens is 212 g/mol. The highest BCUT2D eigenvalue weighted by Gasteiger charge is 2.49. The standard InChI is InChI=1S/C14H28N2O/c1-6-7-16(11-9-15-10-11)12-8-13(2,3)17-14(12,4)5/h11-12,15H,6-10H2,1-5H3.